The molecule has 6 rings (SSSR count). The second-order valence-electron chi connectivity index (χ2n) is 12.3. The Labute approximate surface area is 209 Å². The molecule has 3 nitrogen and oxygen atoms in total. The van der Waals surface area contributed by atoms with E-state index < -0.39 is 0 Å². The van der Waals surface area contributed by atoms with Gasteiger partial charge < -0.3 is 9.13 Å². The Balaban J connectivity index is 1.70. The Morgan fingerprint density at radius 3 is 2.06 bits per heavy atom. The van der Waals surface area contributed by atoms with Gasteiger partial charge in [0.1, 0.15) is 11.6 Å². The molecule has 4 aromatic rings. The first-order valence-electron chi connectivity index (χ1n) is 12.8. The standard InChI is InChI=1S/C31H35BN2O/c1-18-14-19(2)27(20(3)15-18)32-34-25-17-23-22(29(4,5)31(8,9)30(23,6)7)16-24(25)33-28(34)21-12-10-11-13-26(21)35-32/h10-17H,1-9H3. The van der Waals surface area contributed by atoms with Crippen LogP contribution in [0.3, 0.4) is 0 Å². The van der Waals surface area contributed by atoms with Crippen LogP contribution in [0.5, 0.6) is 5.75 Å². The van der Waals surface area contributed by atoms with Crippen molar-refractivity contribution in [1.82, 2.24) is 9.46 Å². The van der Waals surface area contributed by atoms with Crippen molar-refractivity contribution in [2.24, 2.45) is 5.41 Å². The van der Waals surface area contributed by atoms with E-state index in [-0.39, 0.29) is 23.3 Å². The van der Waals surface area contributed by atoms with E-state index >= 15 is 0 Å². The molecule has 0 bridgehead atoms. The largest absolute Gasteiger partial charge is 0.537 e. The van der Waals surface area contributed by atoms with E-state index in [9.17, 15) is 0 Å². The smallest absolute Gasteiger partial charge is 0.525 e. The van der Waals surface area contributed by atoms with Crippen molar-refractivity contribution < 1.29 is 4.65 Å². The molecule has 0 amide bonds. The minimum Gasteiger partial charge on any atom is -0.537 e. The maximum absolute atomic E-state index is 6.79. The van der Waals surface area contributed by atoms with Gasteiger partial charge in [-0.05, 0) is 77.9 Å². The van der Waals surface area contributed by atoms with E-state index in [4.69, 9.17) is 9.64 Å². The van der Waals surface area contributed by atoms with Crippen LogP contribution in [0.25, 0.3) is 22.4 Å². The lowest BCUT2D eigenvalue weighted by atomic mass is 9.59. The Hall–Kier alpha value is -3.01. The average Bonchev–Trinajstić information content (AvgIpc) is 3.20. The first-order valence-corrected chi connectivity index (χ1v) is 12.8. The van der Waals surface area contributed by atoms with Gasteiger partial charge in [0, 0.05) is 0 Å². The summed E-state index contributed by atoms with van der Waals surface area (Å²) in [5.41, 5.74) is 11.3. The van der Waals surface area contributed by atoms with Crippen molar-refractivity contribution in [3.05, 3.63) is 76.3 Å². The Morgan fingerprint density at radius 2 is 1.40 bits per heavy atom. The first kappa shape index (κ1) is 22.5. The highest BCUT2D eigenvalue weighted by Gasteiger charge is 2.57. The minimum atomic E-state index is -0.255. The summed E-state index contributed by atoms with van der Waals surface area (Å²) in [7, 11) is -0.255. The quantitative estimate of drug-likeness (QED) is 0.289. The van der Waals surface area contributed by atoms with Crippen LogP contribution in [0.2, 0.25) is 0 Å². The third-order valence-corrected chi connectivity index (χ3v) is 9.89. The van der Waals surface area contributed by atoms with Gasteiger partial charge in [0.2, 0.25) is 0 Å². The molecule has 4 heteroatoms. The maximum Gasteiger partial charge on any atom is 0.525 e. The molecule has 35 heavy (non-hydrogen) atoms. The number of aryl methyl sites for hydroxylation is 3. The number of hydrogen-bond donors (Lipinski definition) is 0. The van der Waals surface area contributed by atoms with Gasteiger partial charge in [-0.25, -0.2) is 4.98 Å². The Bertz CT molecular complexity index is 1520. The topological polar surface area (TPSA) is 27.1 Å². The van der Waals surface area contributed by atoms with Crippen LogP contribution in [0.15, 0.2) is 48.5 Å². The second kappa shape index (κ2) is 6.81. The maximum atomic E-state index is 6.79. The highest BCUT2D eigenvalue weighted by molar-refractivity contribution is 6.69. The Kier molecular flexibility index (Phi) is 4.37. The molecular formula is C31H35BN2O. The fraction of sp³-hybridized carbons (Fsp3) is 0.387. The van der Waals surface area contributed by atoms with Crippen molar-refractivity contribution in [1.29, 1.82) is 0 Å². The number of nitrogens with zero attached hydrogens (tertiary/aromatic N) is 2. The molecule has 2 aliphatic rings. The van der Waals surface area contributed by atoms with Crippen LogP contribution in [0.1, 0.15) is 69.4 Å². The fourth-order valence-corrected chi connectivity index (χ4v) is 6.75. The normalized spacial score (nSPS) is 18.7. The molecular weight excluding hydrogens is 427 g/mol. The van der Waals surface area contributed by atoms with E-state index in [1.54, 1.807) is 0 Å². The zero-order valence-corrected chi connectivity index (χ0v) is 22.5. The lowest BCUT2D eigenvalue weighted by Crippen LogP contribution is -2.48. The molecule has 0 spiro atoms. The van der Waals surface area contributed by atoms with Gasteiger partial charge in [-0.3, -0.25) is 0 Å². The molecule has 0 N–H and O–H groups in total. The van der Waals surface area contributed by atoms with E-state index in [1.165, 1.54) is 33.3 Å². The zero-order chi connectivity index (χ0) is 25.1. The average molecular weight is 462 g/mol. The number of para-hydroxylation sites is 1. The molecule has 0 atom stereocenters. The van der Waals surface area contributed by atoms with Gasteiger partial charge in [-0.2, -0.15) is 0 Å². The molecule has 3 aromatic carbocycles. The third-order valence-electron chi connectivity index (χ3n) is 9.89. The molecule has 0 unspecified atom stereocenters. The molecule has 1 aliphatic heterocycles. The summed E-state index contributed by atoms with van der Waals surface area (Å²) in [5.74, 6) is 1.89. The highest BCUT2D eigenvalue weighted by Crippen LogP contribution is 2.62. The molecule has 1 aromatic heterocycles. The molecule has 1 aliphatic carbocycles. The molecule has 0 saturated carbocycles. The molecule has 0 fully saturated rings. The van der Waals surface area contributed by atoms with Gasteiger partial charge in [0.05, 0.1) is 16.6 Å². The van der Waals surface area contributed by atoms with Crippen LogP contribution in [0.4, 0.5) is 0 Å². The van der Waals surface area contributed by atoms with E-state index in [2.05, 4.69) is 109 Å². The number of benzene rings is 3. The number of aromatic nitrogens is 2. The predicted molar refractivity (Wildman–Crippen MR) is 147 cm³/mol. The monoisotopic (exact) mass is 462 g/mol. The van der Waals surface area contributed by atoms with Crippen LogP contribution in [-0.2, 0) is 10.8 Å². The summed E-state index contributed by atoms with van der Waals surface area (Å²) in [4.78, 5) is 5.27. The summed E-state index contributed by atoms with van der Waals surface area (Å²) < 4.78 is 9.13. The van der Waals surface area contributed by atoms with Crippen molar-refractivity contribution in [2.75, 3.05) is 0 Å². The summed E-state index contributed by atoms with van der Waals surface area (Å²) in [5, 5.41) is 0. The van der Waals surface area contributed by atoms with E-state index in [0.717, 1.165) is 28.2 Å². The lowest BCUT2D eigenvalue weighted by molar-refractivity contribution is 0.125. The second-order valence-corrected chi connectivity index (χ2v) is 12.3. The van der Waals surface area contributed by atoms with Gasteiger partial charge >= 0.3 is 7.05 Å². The van der Waals surface area contributed by atoms with Crippen LogP contribution in [-0.4, -0.2) is 16.5 Å². The predicted octanol–water partition coefficient (Wildman–Crippen LogP) is 6.86. The summed E-state index contributed by atoms with van der Waals surface area (Å²) in [6.45, 7) is 21.0. The number of imidazole rings is 1. The highest BCUT2D eigenvalue weighted by atomic mass is 16.4. The van der Waals surface area contributed by atoms with Crippen LogP contribution < -0.4 is 10.1 Å². The first-order chi connectivity index (χ1) is 16.4. The SMILES string of the molecule is Cc1cc(C)c(B2Oc3ccccc3-c3nc4cc5c(cc4n32)C(C)(C)C(C)(C)C5(C)C)c(C)c1. The van der Waals surface area contributed by atoms with Crippen LogP contribution in [0, 0.1) is 26.2 Å². The van der Waals surface area contributed by atoms with Gasteiger partial charge in [0.15, 0.2) is 0 Å². The lowest BCUT2D eigenvalue weighted by Gasteiger charge is -2.44. The van der Waals surface area contributed by atoms with Gasteiger partial charge in [-0.1, -0.05) is 82.5 Å². The van der Waals surface area contributed by atoms with Crippen LogP contribution >= 0.6 is 0 Å². The van der Waals surface area contributed by atoms with Crippen molar-refractivity contribution in [3.8, 4) is 17.1 Å². The van der Waals surface area contributed by atoms with Crippen molar-refractivity contribution >= 4 is 23.5 Å². The molecule has 0 radical (unpaired) electrons. The Morgan fingerprint density at radius 1 is 0.800 bits per heavy atom. The molecule has 2 heterocycles. The van der Waals surface area contributed by atoms with E-state index in [0.29, 0.717) is 0 Å². The van der Waals surface area contributed by atoms with Crippen molar-refractivity contribution in [2.45, 2.75) is 73.1 Å². The van der Waals surface area contributed by atoms with E-state index in [1.807, 2.05) is 6.07 Å². The van der Waals surface area contributed by atoms with Gasteiger partial charge in [-0.15, -0.1) is 0 Å². The van der Waals surface area contributed by atoms with Crippen molar-refractivity contribution in [3.63, 3.8) is 0 Å². The summed E-state index contributed by atoms with van der Waals surface area (Å²) in [6.07, 6.45) is 0. The fourth-order valence-electron chi connectivity index (χ4n) is 6.75. The number of rotatable bonds is 1. The number of fused-ring (bicyclic) bond motifs is 6. The molecule has 0 saturated heterocycles. The summed E-state index contributed by atoms with van der Waals surface area (Å²) >= 11 is 0. The van der Waals surface area contributed by atoms with Gasteiger partial charge in [0.25, 0.3) is 0 Å². The summed E-state index contributed by atoms with van der Waals surface area (Å²) in [6, 6.07) is 17.6. The molecule has 178 valence electrons. The third kappa shape index (κ3) is 2.71. The zero-order valence-electron chi connectivity index (χ0n) is 22.5. The number of hydrogen-bond acceptors (Lipinski definition) is 2. The minimum absolute atomic E-state index is 0.0311.